The van der Waals surface area contributed by atoms with Crippen molar-refractivity contribution in [1.82, 2.24) is 29.7 Å². The molecule has 31 heavy (non-hydrogen) atoms. The van der Waals surface area contributed by atoms with Gasteiger partial charge in [0.15, 0.2) is 0 Å². The van der Waals surface area contributed by atoms with E-state index in [2.05, 4.69) is 41.4 Å². The van der Waals surface area contributed by atoms with Crippen LogP contribution >= 0.6 is 0 Å². The number of benzene rings is 1. The molecular formula is C24H30N6O. The van der Waals surface area contributed by atoms with Crippen LogP contribution in [-0.2, 0) is 17.8 Å². The molecule has 0 bridgehead atoms. The van der Waals surface area contributed by atoms with Crippen LogP contribution in [0.1, 0.15) is 49.6 Å². The van der Waals surface area contributed by atoms with Crippen molar-refractivity contribution in [3.8, 4) is 0 Å². The van der Waals surface area contributed by atoms with Gasteiger partial charge in [0.1, 0.15) is 0 Å². The summed E-state index contributed by atoms with van der Waals surface area (Å²) < 4.78 is 3.84. The zero-order valence-corrected chi connectivity index (χ0v) is 18.3. The number of carbonyl (C=O) groups excluding carboxylic acids is 1. The molecule has 0 radical (unpaired) electrons. The number of aromatic nitrogens is 5. The topological polar surface area (TPSA) is 68.8 Å². The zero-order chi connectivity index (χ0) is 21.6. The molecule has 1 saturated heterocycles. The van der Waals surface area contributed by atoms with Crippen LogP contribution < -0.4 is 0 Å². The highest BCUT2D eigenvalue weighted by Gasteiger charge is 2.23. The van der Waals surface area contributed by atoms with Crippen molar-refractivity contribution in [3.63, 3.8) is 0 Å². The fourth-order valence-electron chi connectivity index (χ4n) is 4.08. The van der Waals surface area contributed by atoms with E-state index in [-0.39, 0.29) is 11.9 Å². The lowest BCUT2D eigenvalue weighted by molar-refractivity contribution is -0.127. The fraction of sp³-hybridized carbons (Fsp3) is 0.417. The Bertz CT molecular complexity index is 1020. The molecule has 162 valence electrons. The number of rotatable bonds is 7. The Kier molecular flexibility index (Phi) is 6.60. The van der Waals surface area contributed by atoms with Gasteiger partial charge in [-0.2, -0.15) is 5.10 Å². The first-order valence-electron chi connectivity index (χ1n) is 11.1. The van der Waals surface area contributed by atoms with E-state index in [1.807, 2.05) is 50.9 Å². The molecular weight excluding hydrogens is 388 g/mol. The molecule has 1 aromatic carbocycles. The highest BCUT2D eigenvalue weighted by atomic mass is 16.2. The monoisotopic (exact) mass is 418 g/mol. The second-order valence-corrected chi connectivity index (χ2v) is 8.25. The predicted molar refractivity (Wildman–Crippen MR) is 120 cm³/mol. The van der Waals surface area contributed by atoms with Gasteiger partial charge in [-0.1, -0.05) is 42.5 Å². The summed E-state index contributed by atoms with van der Waals surface area (Å²) in [4.78, 5) is 14.7. The molecule has 2 aromatic heterocycles. The molecule has 1 aliphatic rings. The lowest BCUT2D eigenvalue weighted by atomic mass is 9.98. The molecule has 0 spiro atoms. The molecule has 0 saturated carbocycles. The average Bonchev–Trinajstić information content (AvgIpc) is 3.47. The minimum atomic E-state index is 0.0568. The molecule has 0 aliphatic carbocycles. The van der Waals surface area contributed by atoms with Crippen molar-refractivity contribution in [3.05, 3.63) is 71.8 Å². The molecule has 0 N–H and O–H groups in total. The van der Waals surface area contributed by atoms with Gasteiger partial charge in [0.25, 0.3) is 0 Å². The van der Waals surface area contributed by atoms with Crippen molar-refractivity contribution in [2.45, 2.75) is 45.7 Å². The summed E-state index contributed by atoms with van der Waals surface area (Å²) in [5.74, 6) is 0.466. The SMILES string of the molecule is CCc1cn(C[C@@H]2CCCN(C(=O)/C=C/c3cnn(C(C)c4ccccc4)c3)C2)nn1. The largest absolute Gasteiger partial charge is 0.339 e. The van der Waals surface area contributed by atoms with Crippen molar-refractivity contribution in [2.75, 3.05) is 13.1 Å². The summed E-state index contributed by atoms with van der Waals surface area (Å²) in [6.07, 6.45) is 12.3. The van der Waals surface area contributed by atoms with Crippen LogP contribution in [0.4, 0.5) is 0 Å². The lowest BCUT2D eigenvalue weighted by Gasteiger charge is -2.32. The van der Waals surface area contributed by atoms with E-state index in [1.54, 1.807) is 12.3 Å². The van der Waals surface area contributed by atoms with Gasteiger partial charge in [0.05, 0.1) is 17.9 Å². The maximum atomic E-state index is 12.8. The van der Waals surface area contributed by atoms with Gasteiger partial charge >= 0.3 is 0 Å². The highest BCUT2D eigenvalue weighted by Crippen LogP contribution is 2.20. The summed E-state index contributed by atoms with van der Waals surface area (Å²) in [6, 6.07) is 10.4. The second kappa shape index (κ2) is 9.73. The molecule has 1 unspecified atom stereocenters. The molecule has 3 heterocycles. The van der Waals surface area contributed by atoms with E-state index >= 15 is 0 Å². The van der Waals surface area contributed by atoms with E-state index in [0.717, 1.165) is 50.2 Å². The summed E-state index contributed by atoms with van der Waals surface area (Å²) in [7, 11) is 0. The maximum Gasteiger partial charge on any atom is 0.246 e. The number of nitrogens with zero attached hydrogens (tertiary/aromatic N) is 6. The van der Waals surface area contributed by atoms with Crippen LogP contribution in [0.25, 0.3) is 6.08 Å². The van der Waals surface area contributed by atoms with Crippen LogP contribution in [-0.4, -0.2) is 48.7 Å². The van der Waals surface area contributed by atoms with Crippen LogP contribution in [0.3, 0.4) is 0 Å². The maximum absolute atomic E-state index is 12.8. The Morgan fingerprint density at radius 1 is 1.26 bits per heavy atom. The van der Waals surface area contributed by atoms with Crippen LogP contribution in [0.15, 0.2) is 55.0 Å². The number of piperidine rings is 1. The third-order valence-electron chi connectivity index (χ3n) is 5.94. The quantitative estimate of drug-likeness (QED) is 0.550. The molecule has 1 fully saturated rings. The Hall–Kier alpha value is -3.22. The first kappa shape index (κ1) is 21.0. The van der Waals surface area contributed by atoms with Gasteiger partial charge < -0.3 is 4.90 Å². The van der Waals surface area contributed by atoms with Gasteiger partial charge in [-0.05, 0) is 43.7 Å². The molecule has 2 atom stereocenters. The van der Waals surface area contributed by atoms with E-state index in [4.69, 9.17) is 0 Å². The Balaban J connectivity index is 1.34. The lowest BCUT2D eigenvalue weighted by Crippen LogP contribution is -2.40. The van der Waals surface area contributed by atoms with E-state index in [0.29, 0.717) is 5.92 Å². The Morgan fingerprint density at radius 2 is 2.10 bits per heavy atom. The number of hydrogen-bond acceptors (Lipinski definition) is 4. The highest BCUT2D eigenvalue weighted by molar-refractivity contribution is 5.91. The van der Waals surface area contributed by atoms with E-state index in [9.17, 15) is 4.79 Å². The normalized spacial score (nSPS) is 17.9. The Morgan fingerprint density at radius 3 is 2.87 bits per heavy atom. The number of carbonyl (C=O) groups is 1. The van der Waals surface area contributed by atoms with Gasteiger partial charge in [-0.3, -0.25) is 14.2 Å². The van der Waals surface area contributed by atoms with Crippen molar-refractivity contribution < 1.29 is 4.79 Å². The van der Waals surface area contributed by atoms with Crippen LogP contribution in [0, 0.1) is 5.92 Å². The van der Waals surface area contributed by atoms with E-state index in [1.165, 1.54) is 5.56 Å². The van der Waals surface area contributed by atoms with Gasteiger partial charge in [0.2, 0.25) is 5.91 Å². The van der Waals surface area contributed by atoms with Crippen molar-refractivity contribution in [1.29, 1.82) is 0 Å². The van der Waals surface area contributed by atoms with Crippen molar-refractivity contribution >= 4 is 12.0 Å². The van der Waals surface area contributed by atoms with Crippen LogP contribution in [0.2, 0.25) is 0 Å². The zero-order valence-electron chi connectivity index (χ0n) is 18.3. The summed E-state index contributed by atoms with van der Waals surface area (Å²) in [5, 5.41) is 12.8. The fourth-order valence-corrected chi connectivity index (χ4v) is 4.08. The number of hydrogen-bond donors (Lipinski definition) is 0. The molecule has 7 nitrogen and oxygen atoms in total. The minimum absolute atomic E-state index is 0.0568. The number of likely N-dealkylation sites (tertiary alicyclic amines) is 1. The smallest absolute Gasteiger partial charge is 0.246 e. The first-order valence-corrected chi connectivity index (χ1v) is 11.1. The molecule has 1 aliphatic heterocycles. The van der Waals surface area contributed by atoms with Gasteiger partial charge in [0, 0.05) is 43.7 Å². The minimum Gasteiger partial charge on any atom is -0.339 e. The molecule has 1 amide bonds. The van der Waals surface area contributed by atoms with E-state index < -0.39 is 0 Å². The standard InChI is InChI=1S/C24H30N6O/c1-3-23-18-29(27-26-23)16-21-8-7-13-28(15-21)24(31)12-11-20-14-25-30(17-20)19(2)22-9-5-4-6-10-22/h4-6,9-12,14,17-19,21H,3,7-8,13,15-16H2,1-2H3/b12-11+/t19?,21-/m1/s1. The first-order chi connectivity index (χ1) is 15.1. The summed E-state index contributed by atoms with van der Waals surface area (Å²) in [5.41, 5.74) is 3.14. The molecule has 3 aromatic rings. The van der Waals surface area contributed by atoms with Gasteiger partial charge in [-0.25, -0.2) is 0 Å². The molecule has 7 heteroatoms. The second-order valence-electron chi connectivity index (χ2n) is 8.25. The molecule has 4 rings (SSSR count). The van der Waals surface area contributed by atoms with Gasteiger partial charge in [-0.15, -0.1) is 5.10 Å². The average molecular weight is 419 g/mol. The van der Waals surface area contributed by atoms with Crippen LogP contribution in [0.5, 0.6) is 0 Å². The summed E-state index contributed by atoms with van der Waals surface area (Å²) in [6.45, 7) is 6.57. The van der Waals surface area contributed by atoms with Crippen molar-refractivity contribution in [2.24, 2.45) is 5.92 Å². The third-order valence-corrected chi connectivity index (χ3v) is 5.94. The number of amides is 1. The predicted octanol–water partition coefficient (Wildman–Crippen LogP) is 3.60. The third kappa shape index (κ3) is 5.29. The number of aryl methyl sites for hydroxylation is 1. The summed E-state index contributed by atoms with van der Waals surface area (Å²) >= 11 is 0. The Labute approximate surface area is 183 Å².